The van der Waals surface area contributed by atoms with Crippen molar-refractivity contribution in [2.75, 3.05) is 33.4 Å². The summed E-state index contributed by atoms with van der Waals surface area (Å²) in [6.45, 7) is 8.35. The molecule has 0 saturated heterocycles. The van der Waals surface area contributed by atoms with Crippen LogP contribution >= 0.6 is 11.3 Å². The highest BCUT2D eigenvalue weighted by molar-refractivity contribution is 7.12. The van der Waals surface area contributed by atoms with Gasteiger partial charge in [-0.15, -0.1) is 11.3 Å². The molecule has 0 atom stereocenters. The lowest BCUT2D eigenvalue weighted by Gasteiger charge is -2.23. The van der Waals surface area contributed by atoms with Gasteiger partial charge < -0.3 is 9.84 Å². The molecule has 0 aliphatic heterocycles. The van der Waals surface area contributed by atoms with Crippen LogP contribution in [-0.2, 0) is 11.3 Å². The van der Waals surface area contributed by atoms with E-state index in [9.17, 15) is 0 Å². The van der Waals surface area contributed by atoms with E-state index in [2.05, 4.69) is 42.7 Å². The number of nitrogens with zero attached hydrogens (tertiary/aromatic N) is 1. The van der Waals surface area contributed by atoms with E-state index in [0.717, 1.165) is 31.1 Å². The lowest BCUT2D eigenvalue weighted by atomic mass is 10.2. The number of ether oxygens (including phenoxy) is 1. The summed E-state index contributed by atoms with van der Waals surface area (Å²) < 4.78 is 5.18. The van der Waals surface area contributed by atoms with E-state index in [1.807, 2.05) is 0 Å². The van der Waals surface area contributed by atoms with E-state index in [-0.39, 0.29) is 6.61 Å². The average Bonchev–Trinajstić information content (AvgIpc) is 2.83. The highest BCUT2D eigenvalue weighted by Crippen LogP contribution is 2.18. The molecule has 3 nitrogen and oxygen atoms in total. The molecule has 20 heavy (non-hydrogen) atoms. The zero-order valence-corrected chi connectivity index (χ0v) is 13.5. The standard InChI is InChI=1S/C16H25NO2S/c1-14(2)12-17(9-11-19-3)13-16-8-7-15(20-16)6-4-5-10-18/h7-8,14,18H,5,9-13H2,1-3H3. The Hall–Kier alpha value is -0.860. The summed E-state index contributed by atoms with van der Waals surface area (Å²) in [5.41, 5.74) is 0. The minimum Gasteiger partial charge on any atom is -0.395 e. The molecule has 112 valence electrons. The zero-order chi connectivity index (χ0) is 14.8. The Morgan fingerprint density at radius 3 is 2.85 bits per heavy atom. The fourth-order valence-electron chi connectivity index (χ4n) is 1.93. The zero-order valence-electron chi connectivity index (χ0n) is 12.7. The Bertz CT molecular complexity index is 431. The number of methoxy groups -OCH3 is 1. The Kier molecular flexibility index (Phi) is 8.56. The molecule has 1 heterocycles. The van der Waals surface area contributed by atoms with Crippen molar-refractivity contribution in [3.8, 4) is 11.8 Å². The average molecular weight is 295 g/mol. The molecule has 0 amide bonds. The van der Waals surface area contributed by atoms with Gasteiger partial charge in [0.05, 0.1) is 18.1 Å². The van der Waals surface area contributed by atoms with Gasteiger partial charge in [0, 0.05) is 38.0 Å². The first-order chi connectivity index (χ1) is 9.65. The number of hydrogen-bond donors (Lipinski definition) is 1. The molecule has 1 aromatic rings. The van der Waals surface area contributed by atoms with Crippen LogP contribution in [0.15, 0.2) is 12.1 Å². The smallest absolute Gasteiger partial charge is 0.0771 e. The summed E-state index contributed by atoms with van der Waals surface area (Å²) in [4.78, 5) is 4.82. The summed E-state index contributed by atoms with van der Waals surface area (Å²) in [6.07, 6.45) is 0.542. The predicted molar refractivity (Wildman–Crippen MR) is 84.9 cm³/mol. The normalized spacial score (nSPS) is 10.9. The topological polar surface area (TPSA) is 32.7 Å². The molecule has 0 fully saturated rings. The number of rotatable bonds is 8. The van der Waals surface area contributed by atoms with E-state index in [1.54, 1.807) is 18.4 Å². The maximum atomic E-state index is 8.72. The third-order valence-corrected chi connectivity index (χ3v) is 3.71. The molecule has 0 saturated carbocycles. The number of aliphatic hydroxyl groups is 1. The van der Waals surface area contributed by atoms with Gasteiger partial charge in [-0.05, 0) is 18.1 Å². The van der Waals surface area contributed by atoms with Crippen molar-refractivity contribution in [2.45, 2.75) is 26.8 Å². The highest BCUT2D eigenvalue weighted by atomic mass is 32.1. The second-order valence-corrected chi connectivity index (χ2v) is 6.33. The van der Waals surface area contributed by atoms with Crippen molar-refractivity contribution >= 4 is 11.3 Å². The van der Waals surface area contributed by atoms with Crippen LogP contribution < -0.4 is 0 Å². The molecule has 0 spiro atoms. The van der Waals surface area contributed by atoms with Gasteiger partial charge in [0.25, 0.3) is 0 Å². The Balaban J connectivity index is 2.57. The molecule has 0 aliphatic rings. The van der Waals surface area contributed by atoms with E-state index >= 15 is 0 Å². The van der Waals surface area contributed by atoms with Crippen molar-refractivity contribution in [3.63, 3.8) is 0 Å². The molecule has 1 aromatic heterocycles. The monoisotopic (exact) mass is 295 g/mol. The number of aliphatic hydroxyl groups excluding tert-OH is 1. The maximum absolute atomic E-state index is 8.72. The molecule has 0 aliphatic carbocycles. The predicted octanol–water partition coefficient (Wildman–Crippen LogP) is 2.59. The fourth-order valence-corrected chi connectivity index (χ4v) is 2.85. The van der Waals surface area contributed by atoms with Gasteiger partial charge in [0.2, 0.25) is 0 Å². The first-order valence-corrected chi connectivity index (χ1v) is 7.87. The maximum Gasteiger partial charge on any atom is 0.0771 e. The molecule has 1 rings (SSSR count). The van der Waals surface area contributed by atoms with Gasteiger partial charge in [-0.1, -0.05) is 25.7 Å². The van der Waals surface area contributed by atoms with Crippen LogP contribution in [0.5, 0.6) is 0 Å². The van der Waals surface area contributed by atoms with Gasteiger partial charge in [0.1, 0.15) is 0 Å². The van der Waals surface area contributed by atoms with Crippen molar-refractivity contribution in [3.05, 3.63) is 21.9 Å². The largest absolute Gasteiger partial charge is 0.395 e. The van der Waals surface area contributed by atoms with Crippen molar-refractivity contribution in [2.24, 2.45) is 5.92 Å². The van der Waals surface area contributed by atoms with Crippen LogP contribution in [0.1, 0.15) is 30.0 Å². The minimum atomic E-state index is 0.129. The Morgan fingerprint density at radius 1 is 1.40 bits per heavy atom. The minimum absolute atomic E-state index is 0.129. The lowest BCUT2D eigenvalue weighted by Crippen LogP contribution is -2.30. The van der Waals surface area contributed by atoms with Crippen LogP contribution in [0.2, 0.25) is 0 Å². The quantitative estimate of drug-likeness (QED) is 0.748. The van der Waals surface area contributed by atoms with Gasteiger partial charge in [-0.25, -0.2) is 0 Å². The summed E-state index contributed by atoms with van der Waals surface area (Å²) in [5.74, 6) is 6.70. The van der Waals surface area contributed by atoms with Crippen molar-refractivity contribution in [1.29, 1.82) is 0 Å². The molecular formula is C16H25NO2S. The highest BCUT2D eigenvalue weighted by Gasteiger charge is 2.09. The van der Waals surface area contributed by atoms with Crippen molar-refractivity contribution < 1.29 is 9.84 Å². The van der Waals surface area contributed by atoms with E-state index in [4.69, 9.17) is 9.84 Å². The first kappa shape index (κ1) is 17.2. The van der Waals surface area contributed by atoms with Gasteiger partial charge >= 0.3 is 0 Å². The second kappa shape index (κ2) is 9.95. The Morgan fingerprint density at radius 2 is 2.20 bits per heavy atom. The number of hydrogen-bond acceptors (Lipinski definition) is 4. The molecular weight excluding hydrogens is 270 g/mol. The third kappa shape index (κ3) is 7.06. The van der Waals surface area contributed by atoms with Crippen LogP contribution in [0.25, 0.3) is 0 Å². The summed E-state index contributed by atoms with van der Waals surface area (Å²) >= 11 is 1.73. The van der Waals surface area contributed by atoms with Crippen LogP contribution in [-0.4, -0.2) is 43.4 Å². The van der Waals surface area contributed by atoms with Crippen LogP contribution in [0.4, 0.5) is 0 Å². The Labute approximate surface area is 126 Å². The fraction of sp³-hybridized carbons (Fsp3) is 0.625. The van der Waals surface area contributed by atoms with Crippen molar-refractivity contribution in [1.82, 2.24) is 4.90 Å². The summed E-state index contributed by atoms with van der Waals surface area (Å²) in [6, 6.07) is 4.21. The van der Waals surface area contributed by atoms with Gasteiger partial charge in [-0.3, -0.25) is 4.90 Å². The molecule has 0 bridgehead atoms. The lowest BCUT2D eigenvalue weighted by molar-refractivity contribution is 0.136. The van der Waals surface area contributed by atoms with E-state index in [0.29, 0.717) is 12.3 Å². The van der Waals surface area contributed by atoms with Crippen LogP contribution in [0, 0.1) is 17.8 Å². The van der Waals surface area contributed by atoms with E-state index in [1.165, 1.54) is 4.88 Å². The third-order valence-electron chi connectivity index (χ3n) is 2.72. The second-order valence-electron chi connectivity index (χ2n) is 5.16. The molecule has 0 aromatic carbocycles. The number of thiophene rings is 1. The molecule has 0 unspecified atom stereocenters. The molecule has 1 N–H and O–H groups in total. The SMILES string of the molecule is COCCN(Cc1ccc(C#CCCO)s1)CC(C)C. The molecule has 0 radical (unpaired) electrons. The molecule has 4 heteroatoms. The van der Waals surface area contributed by atoms with Crippen LogP contribution in [0.3, 0.4) is 0 Å². The summed E-state index contributed by atoms with van der Waals surface area (Å²) in [7, 11) is 1.74. The van der Waals surface area contributed by atoms with Gasteiger partial charge in [0.15, 0.2) is 0 Å². The first-order valence-electron chi connectivity index (χ1n) is 7.05. The summed E-state index contributed by atoms with van der Waals surface area (Å²) in [5, 5.41) is 8.72. The van der Waals surface area contributed by atoms with Gasteiger partial charge in [-0.2, -0.15) is 0 Å². The van der Waals surface area contributed by atoms with E-state index < -0.39 is 0 Å².